The summed E-state index contributed by atoms with van der Waals surface area (Å²) in [6, 6.07) is 12.1. The summed E-state index contributed by atoms with van der Waals surface area (Å²) in [5, 5.41) is 7.35. The van der Waals surface area contributed by atoms with E-state index in [1.807, 2.05) is 24.4 Å². The number of rotatable bonds is 4. The van der Waals surface area contributed by atoms with Gasteiger partial charge >= 0.3 is 0 Å². The van der Waals surface area contributed by atoms with Crippen molar-refractivity contribution in [3.63, 3.8) is 0 Å². The SMILES string of the molecule is Fc1ccc(CNc2ccc(-n3cccn3)nc2)cc1. The van der Waals surface area contributed by atoms with E-state index in [1.54, 1.807) is 29.2 Å². The van der Waals surface area contributed by atoms with Gasteiger partial charge in [0, 0.05) is 18.9 Å². The van der Waals surface area contributed by atoms with E-state index in [-0.39, 0.29) is 5.82 Å². The molecule has 0 radical (unpaired) electrons. The van der Waals surface area contributed by atoms with Crippen LogP contribution in [-0.4, -0.2) is 14.8 Å². The fourth-order valence-electron chi connectivity index (χ4n) is 1.84. The first kappa shape index (κ1) is 12.3. The molecule has 0 bridgehead atoms. The Morgan fingerprint density at radius 3 is 2.60 bits per heavy atom. The summed E-state index contributed by atoms with van der Waals surface area (Å²) in [5.41, 5.74) is 1.92. The Balaban J connectivity index is 1.65. The van der Waals surface area contributed by atoms with Crippen molar-refractivity contribution in [3.05, 3.63) is 72.4 Å². The van der Waals surface area contributed by atoms with Gasteiger partial charge in [-0.3, -0.25) is 0 Å². The van der Waals surface area contributed by atoms with Gasteiger partial charge in [0.05, 0.1) is 11.9 Å². The summed E-state index contributed by atoms with van der Waals surface area (Å²) in [6.07, 6.45) is 5.30. The van der Waals surface area contributed by atoms with E-state index in [4.69, 9.17) is 0 Å². The zero-order valence-corrected chi connectivity index (χ0v) is 10.7. The number of aromatic nitrogens is 3. The van der Waals surface area contributed by atoms with Gasteiger partial charge < -0.3 is 5.32 Å². The first-order chi connectivity index (χ1) is 9.81. The van der Waals surface area contributed by atoms with Crippen LogP contribution in [0.4, 0.5) is 10.1 Å². The highest BCUT2D eigenvalue weighted by Gasteiger charge is 1.99. The van der Waals surface area contributed by atoms with E-state index >= 15 is 0 Å². The highest BCUT2D eigenvalue weighted by Crippen LogP contribution is 2.11. The van der Waals surface area contributed by atoms with Crippen molar-refractivity contribution < 1.29 is 4.39 Å². The van der Waals surface area contributed by atoms with Crippen LogP contribution in [0.25, 0.3) is 5.82 Å². The second-order valence-electron chi connectivity index (χ2n) is 4.34. The van der Waals surface area contributed by atoms with Crippen LogP contribution >= 0.6 is 0 Å². The van der Waals surface area contributed by atoms with Gasteiger partial charge in [0.2, 0.25) is 0 Å². The monoisotopic (exact) mass is 268 g/mol. The number of pyridine rings is 1. The first-order valence-corrected chi connectivity index (χ1v) is 6.26. The van der Waals surface area contributed by atoms with Gasteiger partial charge in [-0.1, -0.05) is 12.1 Å². The van der Waals surface area contributed by atoms with E-state index in [0.29, 0.717) is 6.54 Å². The Kier molecular flexibility index (Phi) is 3.41. The molecule has 20 heavy (non-hydrogen) atoms. The minimum Gasteiger partial charge on any atom is -0.380 e. The zero-order valence-electron chi connectivity index (χ0n) is 10.7. The summed E-state index contributed by atoms with van der Waals surface area (Å²) in [4.78, 5) is 4.33. The van der Waals surface area contributed by atoms with E-state index in [2.05, 4.69) is 15.4 Å². The van der Waals surface area contributed by atoms with Crippen molar-refractivity contribution in [1.29, 1.82) is 0 Å². The maximum Gasteiger partial charge on any atom is 0.153 e. The molecule has 0 saturated heterocycles. The van der Waals surface area contributed by atoms with Crippen LogP contribution in [0, 0.1) is 5.82 Å². The van der Waals surface area contributed by atoms with Crippen molar-refractivity contribution in [1.82, 2.24) is 14.8 Å². The quantitative estimate of drug-likeness (QED) is 0.791. The molecular formula is C15H13FN4. The molecular weight excluding hydrogens is 255 g/mol. The molecule has 0 spiro atoms. The molecule has 0 aliphatic carbocycles. The van der Waals surface area contributed by atoms with Crippen molar-refractivity contribution in [2.75, 3.05) is 5.32 Å². The lowest BCUT2D eigenvalue weighted by atomic mass is 10.2. The molecule has 0 aliphatic rings. The third-order valence-corrected chi connectivity index (χ3v) is 2.90. The van der Waals surface area contributed by atoms with E-state index in [9.17, 15) is 4.39 Å². The minimum absolute atomic E-state index is 0.223. The molecule has 0 aliphatic heterocycles. The first-order valence-electron chi connectivity index (χ1n) is 6.26. The topological polar surface area (TPSA) is 42.7 Å². The molecule has 1 N–H and O–H groups in total. The zero-order chi connectivity index (χ0) is 13.8. The van der Waals surface area contributed by atoms with Gasteiger partial charge in [-0.05, 0) is 35.9 Å². The fraction of sp³-hybridized carbons (Fsp3) is 0.0667. The molecule has 3 rings (SSSR count). The van der Waals surface area contributed by atoms with Crippen molar-refractivity contribution in [2.24, 2.45) is 0 Å². The Bertz CT molecular complexity index is 660. The largest absolute Gasteiger partial charge is 0.380 e. The number of benzene rings is 1. The summed E-state index contributed by atoms with van der Waals surface area (Å²) < 4.78 is 14.5. The number of anilines is 1. The standard InChI is InChI=1S/C15H13FN4/c16-13-4-2-12(3-5-13)10-17-14-6-7-15(18-11-14)20-9-1-8-19-20/h1-9,11,17H,10H2. The van der Waals surface area contributed by atoms with Crippen LogP contribution in [0.15, 0.2) is 61.1 Å². The van der Waals surface area contributed by atoms with E-state index < -0.39 is 0 Å². The molecule has 0 atom stereocenters. The Labute approximate surface area is 115 Å². The van der Waals surface area contributed by atoms with Gasteiger partial charge in [-0.25, -0.2) is 14.1 Å². The van der Waals surface area contributed by atoms with Crippen molar-refractivity contribution in [3.8, 4) is 5.82 Å². The normalized spacial score (nSPS) is 10.4. The lowest BCUT2D eigenvalue weighted by Gasteiger charge is -2.07. The molecule has 0 unspecified atom stereocenters. The minimum atomic E-state index is -0.223. The smallest absolute Gasteiger partial charge is 0.153 e. The molecule has 100 valence electrons. The van der Waals surface area contributed by atoms with Gasteiger partial charge in [-0.2, -0.15) is 5.10 Å². The molecule has 0 fully saturated rings. The Morgan fingerprint density at radius 1 is 1.10 bits per heavy atom. The average molecular weight is 268 g/mol. The van der Waals surface area contributed by atoms with Crippen LogP contribution in [-0.2, 0) is 6.54 Å². The summed E-state index contributed by atoms with van der Waals surface area (Å²) in [7, 11) is 0. The maximum absolute atomic E-state index is 12.8. The van der Waals surface area contributed by atoms with Crippen LogP contribution in [0.2, 0.25) is 0 Å². The predicted octanol–water partition coefficient (Wildman–Crippen LogP) is 3.02. The summed E-state index contributed by atoms with van der Waals surface area (Å²) in [6.45, 7) is 0.628. The molecule has 3 aromatic rings. The molecule has 1 aromatic carbocycles. The highest BCUT2D eigenvalue weighted by molar-refractivity contribution is 5.44. The molecule has 4 nitrogen and oxygen atoms in total. The van der Waals surface area contributed by atoms with Gasteiger partial charge in [0.15, 0.2) is 5.82 Å². The third kappa shape index (κ3) is 2.83. The molecule has 2 aromatic heterocycles. The lowest BCUT2D eigenvalue weighted by Crippen LogP contribution is -2.02. The second-order valence-corrected chi connectivity index (χ2v) is 4.34. The molecule has 0 saturated carbocycles. The van der Waals surface area contributed by atoms with Crippen molar-refractivity contribution in [2.45, 2.75) is 6.54 Å². The maximum atomic E-state index is 12.8. The van der Waals surface area contributed by atoms with E-state index in [1.165, 1.54) is 12.1 Å². The van der Waals surface area contributed by atoms with Crippen molar-refractivity contribution >= 4 is 5.69 Å². The molecule has 0 amide bonds. The second kappa shape index (κ2) is 5.52. The Hall–Kier alpha value is -2.69. The van der Waals surface area contributed by atoms with Gasteiger partial charge in [0.25, 0.3) is 0 Å². The number of nitrogens with zero attached hydrogens (tertiary/aromatic N) is 3. The number of hydrogen-bond acceptors (Lipinski definition) is 3. The third-order valence-electron chi connectivity index (χ3n) is 2.90. The van der Waals surface area contributed by atoms with E-state index in [0.717, 1.165) is 17.1 Å². The van der Waals surface area contributed by atoms with Crippen LogP contribution in [0.3, 0.4) is 0 Å². The number of halogens is 1. The fourth-order valence-corrected chi connectivity index (χ4v) is 1.84. The average Bonchev–Trinajstić information content (AvgIpc) is 3.01. The van der Waals surface area contributed by atoms with Gasteiger partial charge in [0.1, 0.15) is 5.82 Å². The Morgan fingerprint density at radius 2 is 1.95 bits per heavy atom. The summed E-state index contributed by atoms with van der Waals surface area (Å²) in [5.74, 6) is 0.543. The predicted molar refractivity (Wildman–Crippen MR) is 75.1 cm³/mol. The van der Waals surface area contributed by atoms with Crippen LogP contribution in [0.5, 0.6) is 0 Å². The highest BCUT2D eigenvalue weighted by atomic mass is 19.1. The number of nitrogens with one attached hydrogen (secondary N) is 1. The number of hydrogen-bond donors (Lipinski definition) is 1. The molecule has 2 heterocycles. The van der Waals surface area contributed by atoms with Crippen LogP contribution < -0.4 is 5.32 Å². The molecule has 5 heteroatoms. The van der Waals surface area contributed by atoms with Crippen LogP contribution in [0.1, 0.15) is 5.56 Å². The summed E-state index contributed by atoms with van der Waals surface area (Å²) >= 11 is 0. The van der Waals surface area contributed by atoms with Gasteiger partial charge in [-0.15, -0.1) is 0 Å². The lowest BCUT2D eigenvalue weighted by molar-refractivity contribution is 0.627.